The van der Waals surface area contributed by atoms with Crippen molar-refractivity contribution in [1.29, 1.82) is 5.26 Å². The zero-order chi connectivity index (χ0) is 40.7. The van der Waals surface area contributed by atoms with E-state index in [9.17, 15) is 15.2 Å². The van der Waals surface area contributed by atoms with E-state index in [1.54, 1.807) is 11.3 Å². The van der Waals surface area contributed by atoms with Crippen LogP contribution in [-0.2, 0) is 4.79 Å². The predicted octanol–water partition coefficient (Wildman–Crippen LogP) is 13.3. The summed E-state index contributed by atoms with van der Waals surface area (Å²) in [5.74, 6) is 1.10. The van der Waals surface area contributed by atoms with Crippen molar-refractivity contribution in [3.8, 4) is 49.3 Å². The number of thiophene rings is 2. The lowest BCUT2D eigenvalue weighted by atomic mass is 9.81. The van der Waals surface area contributed by atoms with Gasteiger partial charge in [0.05, 0.1) is 45.9 Å². The highest BCUT2D eigenvalue weighted by Gasteiger charge is 2.40. The predicted molar refractivity (Wildman–Crippen MR) is 235 cm³/mol. The first-order valence-corrected chi connectivity index (χ1v) is 22.1. The van der Waals surface area contributed by atoms with E-state index in [-0.39, 0.29) is 16.4 Å². The number of nitrogens with zero attached hydrogens (tertiary/aromatic N) is 2. The first kappa shape index (κ1) is 40.9. The second kappa shape index (κ2) is 18.1. The Labute approximate surface area is 350 Å². The van der Waals surface area contributed by atoms with Crippen molar-refractivity contribution in [2.45, 2.75) is 79.1 Å². The second-order valence-electron chi connectivity index (χ2n) is 15.6. The summed E-state index contributed by atoms with van der Waals surface area (Å²) in [7, 11) is 0. The van der Waals surface area contributed by atoms with Gasteiger partial charge >= 0.3 is 5.97 Å². The maximum atomic E-state index is 12.1. The average molecular weight is 817 g/mol. The number of carbonyl (C=O) groups is 1. The van der Waals surface area contributed by atoms with Crippen LogP contribution in [0.4, 0.5) is 17.1 Å². The summed E-state index contributed by atoms with van der Waals surface area (Å²) in [4.78, 5) is 17.4. The molecular formula is C48H52N2O6S2. The number of carboxylic acid groups (broad SMARTS) is 1. The van der Waals surface area contributed by atoms with Gasteiger partial charge < -0.3 is 29.0 Å². The summed E-state index contributed by atoms with van der Waals surface area (Å²) < 4.78 is 27.4. The second-order valence-corrected chi connectivity index (χ2v) is 17.6. The number of aliphatic carboxylic acids is 1. The molecule has 2 aliphatic rings. The van der Waals surface area contributed by atoms with Crippen molar-refractivity contribution in [3.05, 3.63) is 95.4 Å². The van der Waals surface area contributed by atoms with E-state index in [1.165, 1.54) is 17.4 Å². The Morgan fingerprint density at radius 2 is 1.05 bits per heavy atom. The van der Waals surface area contributed by atoms with Crippen molar-refractivity contribution in [1.82, 2.24) is 0 Å². The fourth-order valence-corrected chi connectivity index (χ4v) is 11.0. The van der Waals surface area contributed by atoms with E-state index >= 15 is 0 Å². The molecule has 0 saturated carbocycles. The summed E-state index contributed by atoms with van der Waals surface area (Å²) in [6, 6.07) is 31.1. The number of fused-ring (bicyclic) bond motifs is 2. The van der Waals surface area contributed by atoms with Crippen LogP contribution >= 0.6 is 22.7 Å². The van der Waals surface area contributed by atoms with Gasteiger partial charge in [0.2, 0.25) is 0 Å². The van der Waals surface area contributed by atoms with Gasteiger partial charge in [-0.2, -0.15) is 5.26 Å². The first-order chi connectivity index (χ1) is 28.3. The highest BCUT2D eigenvalue weighted by molar-refractivity contribution is 7.25. The monoisotopic (exact) mass is 816 g/mol. The standard InChI is InChI=1S/C48H52N2O6S2/c1-5-23-47(24-6-2)29-53-39-38(27-34(28-49)46(51)52)57-44(40(39)54-30-47)45-42-41(55-31-48(25-7-3,26-8-4)32-56-42)43(58-45)33-19-21-37(22-20-33)50(35-15-11-9-12-16-35)36-17-13-10-14-18-36/h9-22,27H,5-8,23-26,29-32H2,1-4H3,(H,51,52)/b34-27-. The van der Waals surface area contributed by atoms with Gasteiger partial charge in [-0.25, -0.2) is 4.79 Å². The normalized spacial score (nSPS) is 15.5. The summed E-state index contributed by atoms with van der Waals surface area (Å²) in [5, 5.41) is 19.7. The molecule has 0 saturated heterocycles. The molecule has 0 atom stereocenters. The van der Waals surface area contributed by atoms with Gasteiger partial charge in [0.15, 0.2) is 23.0 Å². The lowest BCUT2D eigenvalue weighted by Gasteiger charge is -2.30. The molecule has 4 heterocycles. The van der Waals surface area contributed by atoms with Crippen molar-refractivity contribution in [3.63, 3.8) is 0 Å². The van der Waals surface area contributed by atoms with Crippen LogP contribution < -0.4 is 23.8 Å². The smallest absolute Gasteiger partial charge is 0.346 e. The van der Waals surface area contributed by atoms with Crippen LogP contribution in [-0.4, -0.2) is 37.5 Å². The molecule has 3 aromatic carbocycles. The number of anilines is 3. The molecule has 2 aliphatic heterocycles. The molecule has 0 amide bonds. The number of rotatable bonds is 15. The number of hydrogen-bond donors (Lipinski definition) is 1. The number of para-hydroxylation sites is 2. The molecule has 0 spiro atoms. The number of nitriles is 1. The highest BCUT2D eigenvalue weighted by Crippen LogP contribution is 2.61. The zero-order valence-electron chi connectivity index (χ0n) is 33.8. The van der Waals surface area contributed by atoms with E-state index in [4.69, 9.17) is 18.9 Å². The summed E-state index contributed by atoms with van der Waals surface area (Å²) >= 11 is 2.94. The third-order valence-electron chi connectivity index (χ3n) is 11.1. The topological polar surface area (TPSA) is 101 Å². The molecule has 302 valence electrons. The first-order valence-electron chi connectivity index (χ1n) is 20.5. The highest BCUT2D eigenvalue weighted by atomic mass is 32.1. The van der Waals surface area contributed by atoms with Crippen LogP contribution in [0.15, 0.2) is 90.5 Å². The van der Waals surface area contributed by atoms with E-state index in [0.717, 1.165) is 88.6 Å². The lowest BCUT2D eigenvalue weighted by Crippen LogP contribution is -2.33. The Kier molecular flexibility index (Phi) is 12.8. The fraction of sp³-hybridized carbons (Fsp3) is 0.375. The van der Waals surface area contributed by atoms with Crippen LogP contribution in [0.5, 0.6) is 23.0 Å². The van der Waals surface area contributed by atoms with Gasteiger partial charge in [0.25, 0.3) is 0 Å². The number of ether oxygens (including phenoxy) is 4. The minimum absolute atomic E-state index is 0.145. The lowest BCUT2D eigenvalue weighted by molar-refractivity contribution is -0.132. The third-order valence-corrected chi connectivity index (χ3v) is 13.6. The number of carboxylic acids is 1. The van der Waals surface area contributed by atoms with Gasteiger partial charge in [-0.1, -0.05) is 102 Å². The molecule has 5 aromatic rings. The summed E-state index contributed by atoms with van der Waals surface area (Å²) in [5.41, 5.74) is 3.41. The molecule has 7 rings (SSSR count). The van der Waals surface area contributed by atoms with Crippen LogP contribution in [0.2, 0.25) is 0 Å². The maximum absolute atomic E-state index is 12.1. The van der Waals surface area contributed by atoms with E-state index in [1.807, 2.05) is 42.5 Å². The molecule has 1 N–H and O–H groups in total. The summed E-state index contributed by atoms with van der Waals surface area (Å²) in [6.07, 6.45) is 9.22. The molecule has 0 unspecified atom stereocenters. The van der Waals surface area contributed by atoms with E-state index < -0.39 is 5.97 Å². The minimum atomic E-state index is -1.29. The molecule has 0 radical (unpaired) electrons. The Hall–Kier alpha value is -5.24. The molecule has 0 aliphatic carbocycles. The molecule has 10 heteroatoms. The third kappa shape index (κ3) is 8.34. The van der Waals surface area contributed by atoms with Crippen molar-refractivity contribution in [2.24, 2.45) is 10.8 Å². The molecule has 58 heavy (non-hydrogen) atoms. The van der Waals surface area contributed by atoms with E-state index in [2.05, 4.69) is 81.1 Å². The Bertz CT molecular complexity index is 2200. The van der Waals surface area contributed by atoms with E-state index in [0.29, 0.717) is 54.3 Å². The van der Waals surface area contributed by atoms with Crippen LogP contribution in [0.1, 0.15) is 83.9 Å². The molecular weight excluding hydrogens is 765 g/mol. The van der Waals surface area contributed by atoms with Crippen molar-refractivity contribution in [2.75, 3.05) is 31.3 Å². The van der Waals surface area contributed by atoms with Crippen LogP contribution in [0, 0.1) is 22.2 Å². The van der Waals surface area contributed by atoms with Gasteiger partial charge in [0, 0.05) is 27.9 Å². The van der Waals surface area contributed by atoms with Gasteiger partial charge in [-0.15, -0.1) is 22.7 Å². The Balaban J connectivity index is 1.38. The van der Waals surface area contributed by atoms with Crippen molar-refractivity contribution >= 4 is 51.8 Å². The van der Waals surface area contributed by atoms with Gasteiger partial charge in [0.1, 0.15) is 11.6 Å². The van der Waals surface area contributed by atoms with Crippen LogP contribution in [0.25, 0.3) is 26.3 Å². The Morgan fingerprint density at radius 3 is 1.50 bits per heavy atom. The summed E-state index contributed by atoms with van der Waals surface area (Å²) in [6.45, 7) is 10.7. The minimum Gasteiger partial charge on any atom is -0.487 e. The Morgan fingerprint density at radius 1 is 0.638 bits per heavy atom. The maximum Gasteiger partial charge on any atom is 0.346 e. The average Bonchev–Trinajstić information content (AvgIpc) is 3.63. The fourth-order valence-electron chi connectivity index (χ4n) is 8.50. The quantitative estimate of drug-likeness (QED) is 0.0823. The molecule has 2 aromatic heterocycles. The number of hydrogen-bond acceptors (Lipinski definition) is 9. The number of benzene rings is 3. The SMILES string of the molecule is CCCC1(CCC)COc2c(/C=C(/C#N)C(=O)O)sc(-c3sc(-c4ccc(N(c5ccccc5)c5ccccc5)cc4)c4c3OCC(CCC)(CCC)CO4)c2OC1. The van der Waals surface area contributed by atoms with Gasteiger partial charge in [-0.05, 0) is 73.7 Å². The molecule has 8 nitrogen and oxygen atoms in total. The van der Waals surface area contributed by atoms with Gasteiger partial charge in [-0.3, -0.25) is 0 Å². The molecule has 0 fully saturated rings. The molecule has 0 bridgehead atoms. The largest absolute Gasteiger partial charge is 0.487 e. The van der Waals surface area contributed by atoms with Crippen molar-refractivity contribution < 1.29 is 28.8 Å². The zero-order valence-corrected chi connectivity index (χ0v) is 35.5. The van der Waals surface area contributed by atoms with Crippen LogP contribution in [0.3, 0.4) is 0 Å².